The van der Waals surface area contributed by atoms with Gasteiger partial charge in [-0.2, -0.15) is 11.3 Å². The zero-order chi connectivity index (χ0) is 16.6. The van der Waals surface area contributed by atoms with Gasteiger partial charge >= 0.3 is 5.97 Å². The van der Waals surface area contributed by atoms with E-state index in [1.807, 2.05) is 23.8 Å². The lowest BCUT2D eigenvalue weighted by molar-refractivity contribution is -0.144. The summed E-state index contributed by atoms with van der Waals surface area (Å²) >= 11 is 1.54. The summed E-state index contributed by atoms with van der Waals surface area (Å²) in [5.41, 5.74) is -0.170. The fourth-order valence-corrected chi connectivity index (χ4v) is 2.55. The van der Waals surface area contributed by atoms with Crippen LogP contribution in [0.5, 0.6) is 0 Å². The quantitative estimate of drug-likeness (QED) is 0.400. The van der Waals surface area contributed by atoms with Crippen molar-refractivity contribution < 1.29 is 14.6 Å². The molecule has 1 aromatic rings. The number of esters is 1. The van der Waals surface area contributed by atoms with E-state index in [-0.39, 0.29) is 18.4 Å². The van der Waals surface area contributed by atoms with Crippen LogP contribution in [0.15, 0.2) is 21.8 Å². The predicted molar refractivity (Wildman–Crippen MR) is 89.1 cm³/mol. The van der Waals surface area contributed by atoms with E-state index in [9.17, 15) is 9.90 Å². The standard InChI is InChI=1S/C15H25N3O3S/c1-5-16-14(17-8-11(2)13(19)21-4)18-10-15(3,20)12-6-7-22-9-12/h6-7,9,11,20H,5,8,10H2,1-4H3,(H2,16,17,18). The molecule has 1 rings (SSSR count). The minimum atomic E-state index is -1.02. The smallest absolute Gasteiger partial charge is 0.310 e. The number of hydrogen-bond acceptors (Lipinski definition) is 5. The molecule has 7 heteroatoms. The van der Waals surface area contributed by atoms with E-state index in [4.69, 9.17) is 0 Å². The van der Waals surface area contributed by atoms with Gasteiger partial charge in [0.2, 0.25) is 0 Å². The predicted octanol–water partition coefficient (Wildman–Crippen LogP) is 1.32. The first-order valence-corrected chi connectivity index (χ1v) is 8.20. The normalized spacial score (nSPS) is 15.8. The second-order valence-corrected chi connectivity index (χ2v) is 6.07. The van der Waals surface area contributed by atoms with Crippen molar-refractivity contribution >= 4 is 23.3 Å². The van der Waals surface area contributed by atoms with Crippen molar-refractivity contribution in [1.82, 2.24) is 10.6 Å². The molecular formula is C15H25N3O3S. The lowest BCUT2D eigenvalue weighted by Crippen LogP contribution is -2.41. The van der Waals surface area contributed by atoms with Crippen LogP contribution in [0.2, 0.25) is 0 Å². The Bertz CT molecular complexity index is 486. The van der Waals surface area contributed by atoms with Crippen molar-refractivity contribution in [2.45, 2.75) is 26.4 Å². The van der Waals surface area contributed by atoms with Crippen LogP contribution in [0.25, 0.3) is 0 Å². The Balaban J connectivity index is 2.64. The molecule has 2 atom stereocenters. The van der Waals surface area contributed by atoms with Crippen LogP contribution in [0.3, 0.4) is 0 Å². The number of hydrogen-bond donors (Lipinski definition) is 3. The Labute approximate surface area is 135 Å². The van der Waals surface area contributed by atoms with Gasteiger partial charge in [-0.25, -0.2) is 4.99 Å². The lowest BCUT2D eigenvalue weighted by atomic mass is 10.00. The molecule has 2 unspecified atom stereocenters. The summed E-state index contributed by atoms with van der Waals surface area (Å²) in [6.45, 7) is 6.81. The first kappa shape index (κ1) is 18.4. The molecule has 0 aliphatic carbocycles. The molecule has 0 saturated heterocycles. The van der Waals surface area contributed by atoms with Gasteiger partial charge in [0, 0.05) is 13.1 Å². The van der Waals surface area contributed by atoms with E-state index in [1.54, 1.807) is 13.8 Å². The van der Waals surface area contributed by atoms with Gasteiger partial charge in [0.15, 0.2) is 5.96 Å². The first-order chi connectivity index (χ1) is 10.4. The molecule has 0 radical (unpaired) electrons. The molecule has 0 amide bonds. The molecule has 3 N–H and O–H groups in total. The van der Waals surface area contributed by atoms with E-state index < -0.39 is 5.60 Å². The Morgan fingerprint density at radius 3 is 2.82 bits per heavy atom. The van der Waals surface area contributed by atoms with Crippen molar-refractivity contribution in [1.29, 1.82) is 0 Å². The van der Waals surface area contributed by atoms with Crippen LogP contribution in [-0.4, -0.2) is 43.8 Å². The van der Waals surface area contributed by atoms with Crippen molar-refractivity contribution in [3.8, 4) is 0 Å². The highest BCUT2D eigenvalue weighted by molar-refractivity contribution is 7.08. The number of ether oxygens (including phenoxy) is 1. The van der Waals surface area contributed by atoms with Gasteiger partial charge in [-0.1, -0.05) is 6.92 Å². The molecule has 1 heterocycles. The minimum absolute atomic E-state index is 0.228. The van der Waals surface area contributed by atoms with E-state index in [1.165, 1.54) is 18.4 Å². The first-order valence-electron chi connectivity index (χ1n) is 7.25. The number of carbonyl (C=O) groups excluding carboxylic acids is 1. The maximum Gasteiger partial charge on any atom is 0.310 e. The zero-order valence-electron chi connectivity index (χ0n) is 13.5. The van der Waals surface area contributed by atoms with Crippen LogP contribution in [0.4, 0.5) is 0 Å². The van der Waals surface area contributed by atoms with Crippen LogP contribution in [0, 0.1) is 5.92 Å². The molecule has 1 aromatic heterocycles. The van der Waals surface area contributed by atoms with E-state index in [2.05, 4.69) is 20.4 Å². The number of carbonyl (C=O) groups is 1. The van der Waals surface area contributed by atoms with Gasteiger partial charge in [0.05, 0.1) is 19.6 Å². The third-order valence-corrected chi connectivity index (χ3v) is 3.89. The number of nitrogens with one attached hydrogen (secondary N) is 2. The topological polar surface area (TPSA) is 83.0 Å². The maximum absolute atomic E-state index is 11.4. The molecule has 22 heavy (non-hydrogen) atoms. The van der Waals surface area contributed by atoms with Gasteiger partial charge in [0.25, 0.3) is 0 Å². The number of thiophene rings is 1. The molecule has 124 valence electrons. The zero-order valence-corrected chi connectivity index (χ0v) is 14.4. The highest BCUT2D eigenvalue weighted by atomic mass is 32.1. The van der Waals surface area contributed by atoms with Crippen LogP contribution in [-0.2, 0) is 15.1 Å². The van der Waals surface area contributed by atoms with Gasteiger partial charge in [-0.15, -0.1) is 0 Å². The van der Waals surface area contributed by atoms with Gasteiger partial charge in [-0.05, 0) is 36.2 Å². The molecule has 0 bridgehead atoms. The average molecular weight is 327 g/mol. The molecule has 6 nitrogen and oxygen atoms in total. The molecule has 0 aliphatic rings. The summed E-state index contributed by atoms with van der Waals surface area (Å²) in [6.07, 6.45) is 0. The summed E-state index contributed by atoms with van der Waals surface area (Å²) in [7, 11) is 1.37. The molecule has 0 aliphatic heterocycles. The number of nitrogens with zero attached hydrogens (tertiary/aromatic N) is 1. The maximum atomic E-state index is 11.4. The summed E-state index contributed by atoms with van der Waals surface area (Å²) in [6, 6.07) is 1.89. The van der Waals surface area contributed by atoms with E-state index in [0.29, 0.717) is 19.0 Å². The van der Waals surface area contributed by atoms with E-state index in [0.717, 1.165) is 5.56 Å². The summed E-state index contributed by atoms with van der Waals surface area (Å²) < 4.78 is 4.69. The summed E-state index contributed by atoms with van der Waals surface area (Å²) in [4.78, 5) is 15.8. The van der Waals surface area contributed by atoms with Gasteiger partial charge < -0.3 is 20.5 Å². The molecule has 0 spiro atoms. The Hall–Kier alpha value is -1.60. The number of rotatable bonds is 7. The SMILES string of the molecule is CCNC(=NCC(C)(O)c1ccsc1)NCC(C)C(=O)OC. The van der Waals surface area contributed by atoms with Crippen molar-refractivity contribution in [2.75, 3.05) is 26.7 Å². The highest BCUT2D eigenvalue weighted by Gasteiger charge is 2.23. The Kier molecular flexibility index (Phi) is 7.34. The Morgan fingerprint density at radius 2 is 2.27 bits per heavy atom. The highest BCUT2D eigenvalue weighted by Crippen LogP contribution is 2.23. The summed E-state index contributed by atoms with van der Waals surface area (Å²) in [5, 5.41) is 20.5. The molecule has 0 fully saturated rings. The molecule has 0 aromatic carbocycles. The largest absolute Gasteiger partial charge is 0.469 e. The Morgan fingerprint density at radius 1 is 1.55 bits per heavy atom. The monoisotopic (exact) mass is 327 g/mol. The third-order valence-electron chi connectivity index (χ3n) is 3.21. The van der Waals surface area contributed by atoms with Gasteiger partial charge in [-0.3, -0.25) is 4.79 Å². The number of aliphatic imine (C=N–C) groups is 1. The number of methoxy groups -OCH3 is 1. The number of guanidine groups is 1. The average Bonchev–Trinajstić information content (AvgIpc) is 3.04. The second-order valence-electron chi connectivity index (χ2n) is 5.29. The van der Waals surface area contributed by atoms with Gasteiger partial charge in [0.1, 0.15) is 5.60 Å². The molecular weight excluding hydrogens is 302 g/mol. The lowest BCUT2D eigenvalue weighted by Gasteiger charge is -2.21. The fraction of sp³-hybridized carbons (Fsp3) is 0.600. The summed E-state index contributed by atoms with van der Waals surface area (Å²) in [5.74, 6) is 0.0219. The second kappa shape index (κ2) is 8.75. The van der Waals surface area contributed by atoms with E-state index >= 15 is 0 Å². The van der Waals surface area contributed by atoms with Crippen LogP contribution in [0.1, 0.15) is 26.3 Å². The van der Waals surface area contributed by atoms with Crippen LogP contribution < -0.4 is 10.6 Å². The third kappa shape index (κ3) is 5.65. The minimum Gasteiger partial charge on any atom is -0.469 e. The van der Waals surface area contributed by atoms with Crippen molar-refractivity contribution in [3.63, 3.8) is 0 Å². The van der Waals surface area contributed by atoms with Crippen LogP contribution >= 0.6 is 11.3 Å². The number of aliphatic hydroxyl groups is 1. The van der Waals surface area contributed by atoms with Crippen molar-refractivity contribution in [3.05, 3.63) is 22.4 Å². The van der Waals surface area contributed by atoms with Crippen molar-refractivity contribution in [2.24, 2.45) is 10.9 Å². The molecule has 0 saturated carbocycles. The fourth-order valence-electron chi connectivity index (χ4n) is 1.77.